The molecule has 9 nitrogen and oxygen atoms in total. The Morgan fingerprint density at radius 2 is 1.88 bits per heavy atom. The third-order valence-electron chi connectivity index (χ3n) is 7.74. The topological polar surface area (TPSA) is 103 Å². The van der Waals surface area contributed by atoms with Crippen molar-refractivity contribution >= 4 is 22.4 Å². The number of nitrogens with zero attached hydrogens (tertiary/aromatic N) is 3. The van der Waals surface area contributed by atoms with Gasteiger partial charge in [-0.15, -0.1) is 0 Å². The minimum atomic E-state index is -0.418. The number of fused-ring (bicyclic) bond motifs is 1. The van der Waals surface area contributed by atoms with Crippen molar-refractivity contribution in [2.75, 3.05) is 18.5 Å². The summed E-state index contributed by atoms with van der Waals surface area (Å²) in [6, 6.07) is 0.311. The molecule has 2 aromatic heterocycles. The van der Waals surface area contributed by atoms with Gasteiger partial charge in [-0.3, -0.25) is 10.3 Å². The second kappa shape index (κ2) is 8.23. The van der Waals surface area contributed by atoms with Crippen LogP contribution < -0.4 is 10.8 Å². The van der Waals surface area contributed by atoms with Crippen LogP contribution in [0.2, 0.25) is 0 Å². The third-order valence-corrected chi connectivity index (χ3v) is 7.74. The van der Waals surface area contributed by atoms with Crippen LogP contribution in [0.25, 0.3) is 16.7 Å². The van der Waals surface area contributed by atoms with Crippen LogP contribution in [0.1, 0.15) is 63.9 Å². The smallest absolute Gasteiger partial charge is 0.168 e. The van der Waals surface area contributed by atoms with E-state index in [-0.39, 0.29) is 11.7 Å². The summed E-state index contributed by atoms with van der Waals surface area (Å²) in [6.45, 7) is 4.20. The van der Waals surface area contributed by atoms with Gasteiger partial charge in [0.25, 0.3) is 0 Å². The minimum absolute atomic E-state index is 0.183. The van der Waals surface area contributed by atoms with Crippen LogP contribution in [0.3, 0.4) is 0 Å². The number of ether oxygens (including phenoxy) is 2. The molecule has 2 aliphatic heterocycles. The summed E-state index contributed by atoms with van der Waals surface area (Å²) in [5, 5.41) is 19.3. The lowest BCUT2D eigenvalue weighted by Gasteiger charge is -2.39. The Morgan fingerprint density at radius 1 is 1.12 bits per heavy atom. The van der Waals surface area contributed by atoms with Crippen LogP contribution in [0.15, 0.2) is 18.5 Å². The molecule has 2 aromatic rings. The molecule has 9 heteroatoms. The molecule has 0 atom stereocenters. The number of pyridine rings is 1. The SMILES string of the molecule is CCn1ncc2c(NC3CCC(O)CC3)c(C3=CC4(CCC5(CC4)OCCO5)ON3)cnc21. The molecule has 4 aliphatic rings. The third kappa shape index (κ3) is 3.80. The van der Waals surface area contributed by atoms with Gasteiger partial charge >= 0.3 is 0 Å². The Kier molecular flexibility index (Phi) is 5.32. The molecule has 3 fully saturated rings. The molecule has 2 saturated carbocycles. The number of aromatic nitrogens is 3. The van der Waals surface area contributed by atoms with E-state index in [2.05, 4.69) is 28.9 Å². The molecule has 1 saturated heterocycles. The summed E-state index contributed by atoms with van der Waals surface area (Å²) in [6.07, 6.45) is 12.8. The summed E-state index contributed by atoms with van der Waals surface area (Å²) in [4.78, 5) is 10.9. The van der Waals surface area contributed by atoms with Gasteiger partial charge in [0, 0.05) is 37.2 Å². The Labute approximate surface area is 193 Å². The summed E-state index contributed by atoms with van der Waals surface area (Å²) >= 11 is 0. The first-order valence-electron chi connectivity index (χ1n) is 12.3. The second-order valence-corrected chi connectivity index (χ2v) is 9.83. The van der Waals surface area contributed by atoms with E-state index in [1.54, 1.807) is 0 Å². The maximum Gasteiger partial charge on any atom is 0.168 e. The number of hydrogen-bond acceptors (Lipinski definition) is 8. The maximum atomic E-state index is 9.94. The summed E-state index contributed by atoms with van der Waals surface area (Å²) in [7, 11) is 0. The Bertz CT molecular complexity index is 1040. The van der Waals surface area contributed by atoms with Crippen molar-refractivity contribution in [1.29, 1.82) is 0 Å². The van der Waals surface area contributed by atoms with E-state index in [0.717, 1.165) is 85.9 Å². The number of rotatable bonds is 4. The molecule has 0 unspecified atom stereocenters. The highest BCUT2D eigenvalue weighted by Gasteiger charge is 2.48. The monoisotopic (exact) mass is 455 g/mol. The Balaban J connectivity index is 1.32. The van der Waals surface area contributed by atoms with Gasteiger partial charge in [0.1, 0.15) is 5.60 Å². The number of aliphatic hydroxyl groups excluding tert-OH is 1. The zero-order chi connectivity index (χ0) is 22.5. The van der Waals surface area contributed by atoms with E-state index in [1.807, 2.05) is 17.1 Å². The second-order valence-electron chi connectivity index (χ2n) is 9.83. The Morgan fingerprint density at radius 3 is 2.61 bits per heavy atom. The van der Waals surface area contributed by atoms with E-state index in [0.29, 0.717) is 19.3 Å². The highest BCUT2D eigenvalue weighted by atomic mass is 16.7. The fourth-order valence-electron chi connectivity index (χ4n) is 5.74. The summed E-state index contributed by atoms with van der Waals surface area (Å²) < 4.78 is 13.7. The summed E-state index contributed by atoms with van der Waals surface area (Å²) in [5.41, 5.74) is 6.71. The predicted molar refractivity (Wildman–Crippen MR) is 123 cm³/mol. The van der Waals surface area contributed by atoms with Crippen LogP contribution in [0.5, 0.6) is 0 Å². The molecule has 33 heavy (non-hydrogen) atoms. The van der Waals surface area contributed by atoms with Crippen molar-refractivity contribution in [3.63, 3.8) is 0 Å². The van der Waals surface area contributed by atoms with Gasteiger partial charge in [0.05, 0.1) is 42.3 Å². The number of nitrogens with one attached hydrogen (secondary N) is 2. The largest absolute Gasteiger partial charge is 0.393 e. The molecular weight excluding hydrogens is 422 g/mol. The highest BCUT2D eigenvalue weighted by Crippen LogP contribution is 2.46. The van der Waals surface area contributed by atoms with Crippen LogP contribution in [0, 0.1) is 0 Å². The van der Waals surface area contributed by atoms with Crippen molar-refractivity contribution < 1.29 is 19.4 Å². The normalized spacial score (nSPS) is 28.4. The van der Waals surface area contributed by atoms with Crippen molar-refractivity contribution in [3.8, 4) is 0 Å². The van der Waals surface area contributed by atoms with Crippen molar-refractivity contribution in [1.82, 2.24) is 20.2 Å². The van der Waals surface area contributed by atoms with E-state index in [1.165, 1.54) is 0 Å². The van der Waals surface area contributed by atoms with E-state index in [4.69, 9.17) is 19.3 Å². The molecule has 0 aromatic carbocycles. The van der Waals surface area contributed by atoms with Gasteiger partial charge in [-0.1, -0.05) is 0 Å². The zero-order valence-electron chi connectivity index (χ0n) is 19.2. The first-order valence-corrected chi connectivity index (χ1v) is 12.3. The highest BCUT2D eigenvalue weighted by molar-refractivity contribution is 5.95. The first-order chi connectivity index (χ1) is 16.1. The molecule has 178 valence electrons. The van der Waals surface area contributed by atoms with Gasteiger partial charge in [-0.05, 0) is 51.5 Å². The molecule has 0 radical (unpaired) electrons. The van der Waals surface area contributed by atoms with E-state index in [9.17, 15) is 5.11 Å². The number of hydrogen-bond donors (Lipinski definition) is 3. The van der Waals surface area contributed by atoms with Crippen molar-refractivity contribution in [2.24, 2.45) is 0 Å². The lowest BCUT2D eigenvalue weighted by atomic mass is 9.81. The quantitative estimate of drug-likeness (QED) is 0.646. The predicted octanol–water partition coefficient (Wildman–Crippen LogP) is 3.10. The number of aryl methyl sites for hydroxylation is 1. The lowest BCUT2D eigenvalue weighted by molar-refractivity contribution is -0.205. The number of aliphatic hydroxyl groups is 1. The van der Waals surface area contributed by atoms with Crippen molar-refractivity contribution in [2.45, 2.75) is 88.4 Å². The molecule has 2 spiro atoms. The average Bonchev–Trinajstić information content (AvgIpc) is 3.57. The zero-order valence-corrected chi connectivity index (χ0v) is 19.2. The fourth-order valence-corrected chi connectivity index (χ4v) is 5.74. The van der Waals surface area contributed by atoms with Crippen LogP contribution in [-0.2, 0) is 20.9 Å². The van der Waals surface area contributed by atoms with E-state index >= 15 is 0 Å². The molecular formula is C24H33N5O4. The molecule has 0 bridgehead atoms. The molecule has 6 rings (SSSR count). The Hall–Kier alpha value is -2.20. The van der Waals surface area contributed by atoms with Gasteiger partial charge in [-0.2, -0.15) is 5.10 Å². The van der Waals surface area contributed by atoms with Crippen LogP contribution >= 0.6 is 0 Å². The molecule has 4 heterocycles. The average molecular weight is 456 g/mol. The maximum absolute atomic E-state index is 9.94. The van der Waals surface area contributed by atoms with Crippen LogP contribution in [-0.4, -0.2) is 56.6 Å². The van der Waals surface area contributed by atoms with E-state index < -0.39 is 5.79 Å². The summed E-state index contributed by atoms with van der Waals surface area (Å²) in [5.74, 6) is -0.418. The van der Waals surface area contributed by atoms with Crippen LogP contribution in [0.4, 0.5) is 5.69 Å². The molecule has 3 N–H and O–H groups in total. The molecule has 0 amide bonds. The number of hydroxylamine groups is 1. The fraction of sp³-hybridized carbons (Fsp3) is 0.667. The van der Waals surface area contributed by atoms with Gasteiger partial charge in [-0.25, -0.2) is 9.67 Å². The van der Waals surface area contributed by atoms with Gasteiger partial charge < -0.3 is 19.9 Å². The lowest BCUT2D eigenvalue weighted by Crippen LogP contribution is -2.43. The van der Waals surface area contributed by atoms with Gasteiger partial charge in [0.2, 0.25) is 0 Å². The first kappa shape index (κ1) is 21.3. The van der Waals surface area contributed by atoms with Crippen molar-refractivity contribution in [3.05, 3.63) is 24.0 Å². The molecule has 2 aliphatic carbocycles. The standard InChI is InChI=1S/C24H33N5O4/c1-2-29-22-19(15-26-29)21(27-16-3-5-17(30)6-4-16)18(14-25-22)20-13-23(33-28-20)7-9-24(10-8-23)31-11-12-32-24/h13-17,28,30H,2-12H2,1H3,(H,25,27). The number of anilines is 1. The minimum Gasteiger partial charge on any atom is -0.393 e. The van der Waals surface area contributed by atoms with Gasteiger partial charge in [0.15, 0.2) is 11.4 Å².